The minimum absolute atomic E-state index is 0.163. The molecule has 6 nitrogen and oxygen atoms in total. The van der Waals surface area contributed by atoms with Crippen molar-refractivity contribution in [2.75, 3.05) is 0 Å². The number of aliphatic hydroxyl groups excluding tert-OH is 1. The SMILES string of the molecule is CCCCC/C=C\C/C=C\CCCCCCCC(=O)C1=C(O)[C@H](Cc2ccccc2)N(C(=O)OC(C)(C)C)C1=O. The van der Waals surface area contributed by atoms with E-state index in [0.29, 0.717) is 6.42 Å². The Hall–Kier alpha value is -3.15. The van der Waals surface area contributed by atoms with Gasteiger partial charge in [-0.1, -0.05) is 93.7 Å². The molecule has 1 aliphatic rings. The number of benzene rings is 1. The average Bonchev–Trinajstić information content (AvgIpc) is 3.14. The molecule has 0 saturated carbocycles. The monoisotopic (exact) mass is 551 g/mol. The van der Waals surface area contributed by atoms with Gasteiger partial charge in [-0.25, -0.2) is 9.69 Å². The van der Waals surface area contributed by atoms with E-state index in [2.05, 4.69) is 31.2 Å². The van der Waals surface area contributed by atoms with Crippen molar-refractivity contribution >= 4 is 17.8 Å². The molecule has 6 heteroatoms. The summed E-state index contributed by atoms with van der Waals surface area (Å²) in [4.78, 5) is 40.1. The number of hydrogen-bond acceptors (Lipinski definition) is 5. The van der Waals surface area contributed by atoms with Crippen molar-refractivity contribution in [3.63, 3.8) is 0 Å². The highest BCUT2D eigenvalue weighted by molar-refractivity contribution is 6.24. The fraction of sp³-hybridized carbons (Fsp3) is 0.559. The molecule has 1 aliphatic heterocycles. The van der Waals surface area contributed by atoms with E-state index in [1.54, 1.807) is 20.8 Å². The molecule has 2 rings (SSSR count). The number of aliphatic hydroxyl groups is 1. The topological polar surface area (TPSA) is 83.9 Å². The molecule has 1 heterocycles. The molecule has 2 amide bonds. The number of carbonyl (C=O) groups is 3. The van der Waals surface area contributed by atoms with Crippen LogP contribution in [0, 0.1) is 0 Å². The number of imide groups is 1. The third-order valence-corrected chi connectivity index (χ3v) is 6.81. The molecule has 0 radical (unpaired) electrons. The lowest BCUT2D eigenvalue weighted by Crippen LogP contribution is -2.45. The highest BCUT2D eigenvalue weighted by Gasteiger charge is 2.47. The molecule has 220 valence electrons. The Balaban J connectivity index is 1.81. The lowest BCUT2D eigenvalue weighted by molar-refractivity contribution is -0.128. The molecule has 0 spiro atoms. The van der Waals surface area contributed by atoms with Crippen molar-refractivity contribution in [1.29, 1.82) is 0 Å². The lowest BCUT2D eigenvalue weighted by atomic mass is 10.0. The van der Waals surface area contributed by atoms with E-state index in [9.17, 15) is 19.5 Å². The fourth-order valence-corrected chi connectivity index (χ4v) is 4.69. The zero-order chi connectivity index (χ0) is 29.4. The van der Waals surface area contributed by atoms with Gasteiger partial charge in [0.25, 0.3) is 5.91 Å². The minimum Gasteiger partial charge on any atom is -0.509 e. The number of hydrogen-bond donors (Lipinski definition) is 1. The number of amides is 2. The summed E-state index contributed by atoms with van der Waals surface area (Å²) in [7, 11) is 0. The van der Waals surface area contributed by atoms with Crippen LogP contribution in [0.5, 0.6) is 0 Å². The van der Waals surface area contributed by atoms with Gasteiger partial charge in [-0.2, -0.15) is 0 Å². The predicted octanol–water partition coefficient (Wildman–Crippen LogP) is 8.57. The van der Waals surface area contributed by atoms with E-state index < -0.39 is 29.4 Å². The Kier molecular flexibility index (Phi) is 14.5. The average molecular weight is 552 g/mol. The number of unbranched alkanes of at least 4 members (excludes halogenated alkanes) is 8. The quantitative estimate of drug-likeness (QED) is 0.119. The van der Waals surface area contributed by atoms with E-state index in [4.69, 9.17) is 4.74 Å². The first-order chi connectivity index (χ1) is 19.2. The van der Waals surface area contributed by atoms with Gasteiger partial charge >= 0.3 is 6.09 Å². The van der Waals surface area contributed by atoms with Gasteiger partial charge < -0.3 is 9.84 Å². The Morgan fingerprint density at radius 1 is 0.900 bits per heavy atom. The van der Waals surface area contributed by atoms with Crippen LogP contribution >= 0.6 is 0 Å². The van der Waals surface area contributed by atoms with Crippen LogP contribution in [0.2, 0.25) is 0 Å². The van der Waals surface area contributed by atoms with Crippen LogP contribution in [0.3, 0.4) is 0 Å². The van der Waals surface area contributed by atoms with E-state index >= 15 is 0 Å². The number of allylic oxidation sites excluding steroid dienone is 4. The number of ketones is 1. The normalized spacial score (nSPS) is 16.1. The Bertz CT molecular complexity index is 1030. The first kappa shape index (κ1) is 33.1. The number of carbonyl (C=O) groups excluding carboxylic acids is 3. The van der Waals surface area contributed by atoms with Crippen LogP contribution in [-0.2, 0) is 20.7 Å². The van der Waals surface area contributed by atoms with Crippen LogP contribution in [0.4, 0.5) is 4.79 Å². The van der Waals surface area contributed by atoms with E-state index in [0.717, 1.165) is 49.0 Å². The second-order valence-corrected chi connectivity index (χ2v) is 11.5. The van der Waals surface area contributed by atoms with Crippen LogP contribution < -0.4 is 0 Å². The summed E-state index contributed by atoms with van der Waals surface area (Å²) in [6.45, 7) is 7.35. The first-order valence-corrected chi connectivity index (χ1v) is 15.0. The number of Topliss-reactive ketones (excluding diaryl/α,β-unsaturated/α-hetero) is 1. The van der Waals surface area contributed by atoms with Gasteiger partial charge in [0.05, 0.1) is 0 Å². The van der Waals surface area contributed by atoms with Crippen molar-refractivity contribution in [2.45, 2.75) is 123 Å². The third-order valence-electron chi connectivity index (χ3n) is 6.81. The molecule has 0 aromatic heterocycles. The number of nitrogens with zero attached hydrogens (tertiary/aromatic N) is 1. The van der Waals surface area contributed by atoms with Gasteiger partial charge in [-0.15, -0.1) is 0 Å². The molecule has 0 aliphatic carbocycles. The molecule has 40 heavy (non-hydrogen) atoms. The van der Waals surface area contributed by atoms with E-state index in [-0.39, 0.29) is 24.2 Å². The van der Waals surface area contributed by atoms with Gasteiger partial charge in [0.1, 0.15) is 23.0 Å². The Morgan fingerprint density at radius 2 is 1.50 bits per heavy atom. The fourth-order valence-electron chi connectivity index (χ4n) is 4.69. The summed E-state index contributed by atoms with van der Waals surface area (Å²) < 4.78 is 5.44. The van der Waals surface area contributed by atoms with Crippen LogP contribution in [0.1, 0.15) is 110 Å². The molecule has 0 unspecified atom stereocenters. The summed E-state index contributed by atoms with van der Waals surface area (Å²) in [5.41, 5.74) is -0.267. The van der Waals surface area contributed by atoms with Gasteiger partial charge in [0, 0.05) is 12.8 Å². The van der Waals surface area contributed by atoms with E-state index in [1.807, 2.05) is 30.3 Å². The highest BCUT2D eigenvalue weighted by Crippen LogP contribution is 2.30. The van der Waals surface area contributed by atoms with Crippen molar-refractivity contribution < 1.29 is 24.2 Å². The van der Waals surface area contributed by atoms with Crippen molar-refractivity contribution in [3.05, 3.63) is 71.5 Å². The van der Waals surface area contributed by atoms with Gasteiger partial charge in [-0.3, -0.25) is 9.59 Å². The van der Waals surface area contributed by atoms with Crippen molar-refractivity contribution in [2.24, 2.45) is 0 Å². The molecule has 1 N–H and O–H groups in total. The second kappa shape index (κ2) is 17.5. The standard InChI is InChI=1S/C34H49NO5/c1-5-6-7-8-9-10-11-12-13-14-15-16-17-18-22-25-29(36)30-31(37)28(26-27-23-20-19-21-24-27)35(32(30)38)33(39)40-34(2,3)4/h9-10,12-13,19-21,23-24,28,37H,5-8,11,14-18,22,25-26H2,1-4H3/b10-9-,13-12-/t28-/m0/s1. The molecule has 0 bridgehead atoms. The van der Waals surface area contributed by atoms with Crippen molar-refractivity contribution in [1.82, 2.24) is 4.90 Å². The molecule has 0 saturated heterocycles. The van der Waals surface area contributed by atoms with Crippen LogP contribution in [-0.4, -0.2) is 39.4 Å². The molecule has 1 aromatic carbocycles. The highest BCUT2D eigenvalue weighted by atomic mass is 16.6. The molecular formula is C34H49NO5. The van der Waals surface area contributed by atoms with E-state index in [1.165, 1.54) is 25.7 Å². The van der Waals surface area contributed by atoms with Gasteiger partial charge in [0.2, 0.25) is 0 Å². The van der Waals surface area contributed by atoms with Gasteiger partial charge in [-0.05, 0) is 64.9 Å². The lowest BCUT2D eigenvalue weighted by Gasteiger charge is -2.27. The van der Waals surface area contributed by atoms with Gasteiger partial charge in [0.15, 0.2) is 5.78 Å². The first-order valence-electron chi connectivity index (χ1n) is 15.0. The maximum absolute atomic E-state index is 13.2. The largest absolute Gasteiger partial charge is 0.509 e. The summed E-state index contributed by atoms with van der Waals surface area (Å²) >= 11 is 0. The molecular weight excluding hydrogens is 502 g/mol. The summed E-state index contributed by atoms with van der Waals surface area (Å²) in [5.74, 6) is -1.54. The molecule has 1 aromatic rings. The second-order valence-electron chi connectivity index (χ2n) is 11.5. The number of rotatable bonds is 17. The molecule has 0 fully saturated rings. The maximum Gasteiger partial charge on any atom is 0.418 e. The minimum atomic E-state index is -0.965. The summed E-state index contributed by atoms with van der Waals surface area (Å²) in [5, 5.41) is 11.0. The maximum atomic E-state index is 13.2. The Morgan fingerprint density at radius 3 is 2.12 bits per heavy atom. The Labute approximate surface area is 241 Å². The summed E-state index contributed by atoms with van der Waals surface area (Å²) in [6, 6.07) is 8.31. The summed E-state index contributed by atoms with van der Waals surface area (Å²) in [6.07, 6.45) is 20.3. The number of ether oxygens (including phenoxy) is 1. The zero-order valence-electron chi connectivity index (χ0n) is 25.0. The predicted molar refractivity (Wildman–Crippen MR) is 161 cm³/mol. The smallest absolute Gasteiger partial charge is 0.418 e. The van der Waals surface area contributed by atoms with Crippen LogP contribution in [0.25, 0.3) is 0 Å². The third kappa shape index (κ3) is 11.5. The zero-order valence-corrected chi connectivity index (χ0v) is 25.0. The molecule has 1 atom stereocenters. The van der Waals surface area contributed by atoms with Crippen LogP contribution in [0.15, 0.2) is 66.0 Å². The van der Waals surface area contributed by atoms with Crippen molar-refractivity contribution in [3.8, 4) is 0 Å².